The van der Waals surface area contributed by atoms with E-state index in [1.165, 1.54) is 44.1 Å². The number of ether oxygens (including phenoxy) is 1. The number of aryl methyl sites for hydroxylation is 1. The Kier molecular flexibility index (Phi) is 8.52. The van der Waals surface area contributed by atoms with Gasteiger partial charge in [-0.3, -0.25) is 4.79 Å². The van der Waals surface area contributed by atoms with Gasteiger partial charge in [0.05, 0.1) is 7.11 Å². The lowest BCUT2D eigenvalue weighted by Gasteiger charge is -2.08. The molecule has 0 fully saturated rings. The van der Waals surface area contributed by atoms with Crippen molar-refractivity contribution in [3.05, 3.63) is 40.8 Å². The Morgan fingerprint density at radius 3 is 2.37 bits per heavy atom. The first-order valence-electron chi connectivity index (χ1n) is 9.63. The third-order valence-corrected chi connectivity index (χ3v) is 5.45. The van der Waals surface area contributed by atoms with Gasteiger partial charge in [0.25, 0.3) is 0 Å². The summed E-state index contributed by atoms with van der Waals surface area (Å²) in [4.78, 5) is 24.6. The molecule has 0 aliphatic heterocycles. The number of carbonyl (C=O) groups excluding carboxylic acids is 2. The second-order valence-corrected chi connectivity index (χ2v) is 7.66. The lowest BCUT2D eigenvalue weighted by Crippen LogP contribution is -2.13. The second-order valence-electron chi connectivity index (χ2n) is 6.78. The normalized spacial score (nSPS) is 10.6. The van der Waals surface area contributed by atoms with Crippen molar-refractivity contribution < 1.29 is 14.3 Å². The summed E-state index contributed by atoms with van der Waals surface area (Å²) in [5, 5.41) is 5.37. The number of carbonyl (C=O) groups is 2. The minimum Gasteiger partial charge on any atom is -0.465 e. The van der Waals surface area contributed by atoms with Crippen LogP contribution < -0.4 is 5.32 Å². The van der Waals surface area contributed by atoms with Gasteiger partial charge in [-0.05, 0) is 18.9 Å². The molecule has 1 heterocycles. The van der Waals surface area contributed by atoms with Crippen molar-refractivity contribution in [2.45, 2.75) is 58.8 Å². The predicted molar refractivity (Wildman–Crippen MR) is 112 cm³/mol. The van der Waals surface area contributed by atoms with Crippen molar-refractivity contribution >= 4 is 28.2 Å². The van der Waals surface area contributed by atoms with Crippen LogP contribution in [0.2, 0.25) is 0 Å². The van der Waals surface area contributed by atoms with Crippen LogP contribution in [0.15, 0.2) is 29.6 Å². The molecule has 27 heavy (non-hydrogen) atoms. The molecular formula is C22H29NO3S. The summed E-state index contributed by atoms with van der Waals surface area (Å²) in [6.07, 6.45) is 7.30. The van der Waals surface area contributed by atoms with Gasteiger partial charge in [-0.1, -0.05) is 68.9 Å². The number of methoxy groups -OCH3 is 1. The quantitative estimate of drug-likeness (QED) is 0.390. The first-order valence-corrected chi connectivity index (χ1v) is 10.5. The van der Waals surface area contributed by atoms with Crippen LogP contribution in [0.5, 0.6) is 0 Å². The Morgan fingerprint density at radius 2 is 1.70 bits per heavy atom. The Bertz CT molecular complexity index is 749. The first-order chi connectivity index (χ1) is 13.1. The van der Waals surface area contributed by atoms with E-state index >= 15 is 0 Å². The van der Waals surface area contributed by atoms with E-state index in [0.717, 1.165) is 29.5 Å². The number of rotatable bonds is 10. The zero-order valence-electron chi connectivity index (χ0n) is 16.5. The maximum Gasteiger partial charge on any atom is 0.341 e. The molecule has 2 aromatic rings. The molecule has 0 bridgehead atoms. The number of unbranched alkanes of at least 4 members (excludes halogenated alkanes) is 5. The van der Waals surface area contributed by atoms with Gasteiger partial charge in [-0.15, -0.1) is 11.3 Å². The van der Waals surface area contributed by atoms with E-state index in [1.807, 2.05) is 36.6 Å². The summed E-state index contributed by atoms with van der Waals surface area (Å²) in [6.45, 7) is 4.21. The third kappa shape index (κ3) is 6.21. The summed E-state index contributed by atoms with van der Waals surface area (Å²) in [5.74, 6) is -0.477. The molecule has 0 aliphatic rings. The topological polar surface area (TPSA) is 55.4 Å². The predicted octanol–water partition coefficient (Wildman–Crippen LogP) is 6.20. The molecule has 0 saturated carbocycles. The van der Waals surface area contributed by atoms with Crippen LogP contribution >= 0.6 is 11.3 Å². The molecule has 0 saturated heterocycles. The molecule has 0 aliphatic carbocycles. The van der Waals surface area contributed by atoms with E-state index in [2.05, 4.69) is 12.2 Å². The van der Waals surface area contributed by atoms with E-state index in [9.17, 15) is 9.59 Å². The van der Waals surface area contributed by atoms with Crippen molar-refractivity contribution in [2.75, 3.05) is 12.4 Å². The number of nitrogens with one attached hydrogen (secondary N) is 1. The molecule has 0 atom stereocenters. The number of hydrogen-bond acceptors (Lipinski definition) is 4. The maximum atomic E-state index is 12.3. The number of thiophene rings is 1. The molecule has 0 spiro atoms. The van der Waals surface area contributed by atoms with Gasteiger partial charge in [-0.2, -0.15) is 0 Å². The van der Waals surface area contributed by atoms with Crippen LogP contribution in [0.3, 0.4) is 0 Å². The summed E-state index contributed by atoms with van der Waals surface area (Å²) in [7, 11) is 1.36. The van der Waals surface area contributed by atoms with Crippen LogP contribution in [-0.2, 0) is 9.53 Å². The highest BCUT2D eigenvalue weighted by atomic mass is 32.1. The van der Waals surface area contributed by atoms with Gasteiger partial charge < -0.3 is 10.1 Å². The highest BCUT2D eigenvalue weighted by Gasteiger charge is 2.22. The standard InChI is InChI=1S/C22H29NO3S/c1-4-5-6-7-8-9-10-19(24)23-21-20(22(25)26-3)18(15-27-21)17-13-11-16(2)12-14-17/h11-15H,4-10H2,1-3H3,(H,23,24). The van der Waals surface area contributed by atoms with Crippen LogP contribution in [0.4, 0.5) is 5.00 Å². The molecule has 2 rings (SSSR count). The van der Waals surface area contributed by atoms with Gasteiger partial charge in [0.15, 0.2) is 0 Å². The van der Waals surface area contributed by atoms with Gasteiger partial charge in [0, 0.05) is 17.4 Å². The average molecular weight is 388 g/mol. The van der Waals surface area contributed by atoms with E-state index in [0.29, 0.717) is 17.0 Å². The van der Waals surface area contributed by atoms with E-state index in [-0.39, 0.29) is 5.91 Å². The number of amides is 1. The monoisotopic (exact) mass is 387 g/mol. The summed E-state index contributed by atoms with van der Waals surface area (Å²) >= 11 is 1.36. The van der Waals surface area contributed by atoms with Crippen LogP contribution in [0.25, 0.3) is 11.1 Å². The Labute approximate surface area is 165 Å². The first kappa shape index (κ1) is 21.2. The number of benzene rings is 1. The second kappa shape index (κ2) is 10.9. The number of esters is 1. The summed E-state index contributed by atoms with van der Waals surface area (Å²) in [6, 6.07) is 7.97. The minimum atomic E-state index is -0.429. The van der Waals surface area contributed by atoms with Crippen molar-refractivity contribution in [1.82, 2.24) is 0 Å². The lowest BCUT2D eigenvalue weighted by atomic mass is 10.0. The smallest absolute Gasteiger partial charge is 0.341 e. The van der Waals surface area contributed by atoms with Crippen LogP contribution in [-0.4, -0.2) is 19.0 Å². The fourth-order valence-corrected chi connectivity index (χ4v) is 3.93. The van der Waals surface area contributed by atoms with Gasteiger partial charge >= 0.3 is 5.97 Å². The van der Waals surface area contributed by atoms with Gasteiger partial charge in [0.1, 0.15) is 10.6 Å². The lowest BCUT2D eigenvalue weighted by molar-refractivity contribution is -0.116. The zero-order chi connectivity index (χ0) is 19.6. The van der Waals surface area contributed by atoms with Gasteiger partial charge in [-0.25, -0.2) is 4.79 Å². The molecule has 0 unspecified atom stereocenters. The molecule has 1 N–H and O–H groups in total. The van der Waals surface area contributed by atoms with Crippen molar-refractivity contribution in [3.63, 3.8) is 0 Å². The largest absolute Gasteiger partial charge is 0.465 e. The maximum absolute atomic E-state index is 12.3. The molecular weight excluding hydrogens is 358 g/mol. The number of hydrogen-bond donors (Lipinski definition) is 1. The Morgan fingerprint density at radius 1 is 1.04 bits per heavy atom. The van der Waals surface area contributed by atoms with E-state index < -0.39 is 5.97 Å². The van der Waals surface area contributed by atoms with Crippen LogP contribution in [0, 0.1) is 6.92 Å². The van der Waals surface area contributed by atoms with Crippen LogP contribution in [0.1, 0.15) is 67.8 Å². The van der Waals surface area contributed by atoms with E-state index in [1.54, 1.807) is 0 Å². The fourth-order valence-electron chi connectivity index (χ4n) is 2.96. The summed E-state index contributed by atoms with van der Waals surface area (Å²) < 4.78 is 4.96. The van der Waals surface area contributed by atoms with Gasteiger partial charge in [0.2, 0.25) is 5.91 Å². The van der Waals surface area contributed by atoms with Crippen molar-refractivity contribution in [3.8, 4) is 11.1 Å². The molecule has 1 aromatic carbocycles. The minimum absolute atomic E-state index is 0.0482. The SMILES string of the molecule is CCCCCCCCC(=O)Nc1scc(-c2ccc(C)cc2)c1C(=O)OC. The molecule has 0 radical (unpaired) electrons. The highest BCUT2D eigenvalue weighted by molar-refractivity contribution is 7.15. The average Bonchev–Trinajstić information content (AvgIpc) is 3.08. The van der Waals surface area contributed by atoms with Crippen molar-refractivity contribution in [1.29, 1.82) is 0 Å². The molecule has 5 heteroatoms. The Hall–Kier alpha value is -2.14. The Balaban J connectivity index is 2.05. The van der Waals surface area contributed by atoms with Crippen molar-refractivity contribution in [2.24, 2.45) is 0 Å². The van der Waals surface area contributed by atoms with E-state index in [4.69, 9.17) is 4.74 Å². The summed E-state index contributed by atoms with van der Waals surface area (Å²) in [5.41, 5.74) is 3.32. The zero-order valence-corrected chi connectivity index (χ0v) is 17.3. The molecule has 1 amide bonds. The fraction of sp³-hybridized carbons (Fsp3) is 0.455. The molecule has 1 aromatic heterocycles. The molecule has 146 valence electrons. The highest BCUT2D eigenvalue weighted by Crippen LogP contribution is 2.36. The molecule has 4 nitrogen and oxygen atoms in total. The number of anilines is 1. The third-order valence-electron chi connectivity index (χ3n) is 4.55.